The van der Waals surface area contributed by atoms with Crippen LogP contribution in [0.4, 0.5) is 4.39 Å². The molecule has 2 saturated heterocycles. The van der Waals surface area contributed by atoms with Gasteiger partial charge in [0.1, 0.15) is 23.8 Å². The Bertz CT molecular complexity index is 1520. The summed E-state index contributed by atoms with van der Waals surface area (Å²) < 4.78 is 27.4. The van der Waals surface area contributed by atoms with E-state index in [0.29, 0.717) is 29.2 Å². The molecule has 0 saturated carbocycles. The molecular weight excluding hydrogens is 515 g/mol. The summed E-state index contributed by atoms with van der Waals surface area (Å²) in [7, 11) is 0. The van der Waals surface area contributed by atoms with E-state index in [1.54, 1.807) is 24.4 Å². The maximum atomic E-state index is 13.9. The molecule has 2 fully saturated rings. The summed E-state index contributed by atoms with van der Waals surface area (Å²) in [6, 6.07) is 10.6. The van der Waals surface area contributed by atoms with Gasteiger partial charge < -0.3 is 19.1 Å². The van der Waals surface area contributed by atoms with Crippen LogP contribution in [-0.4, -0.2) is 66.3 Å². The van der Waals surface area contributed by atoms with Crippen LogP contribution in [0.1, 0.15) is 65.7 Å². The van der Waals surface area contributed by atoms with E-state index in [1.807, 2.05) is 16.7 Å². The second kappa shape index (κ2) is 11.3. The molecule has 4 aromatic rings. The first-order chi connectivity index (χ1) is 19.5. The first kappa shape index (κ1) is 26.3. The summed E-state index contributed by atoms with van der Waals surface area (Å²) in [5.74, 6) is 0.179. The number of fused-ring (bicyclic) bond motifs is 1. The molecule has 0 aromatic carbocycles. The number of carboxylic acids is 1. The number of aromatic nitrogens is 5. The van der Waals surface area contributed by atoms with Crippen molar-refractivity contribution in [3.8, 4) is 5.88 Å². The molecule has 0 spiro atoms. The van der Waals surface area contributed by atoms with Crippen molar-refractivity contribution in [1.29, 1.82) is 0 Å². The van der Waals surface area contributed by atoms with Crippen LogP contribution < -0.4 is 4.74 Å². The highest BCUT2D eigenvalue weighted by molar-refractivity contribution is 5.88. The van der Waals surface area contributed by atoms with Gasteiger partial charge in [0.05, 0.1) is 24.9 Å². The number of likely N-dealkylation sites (tertiary alicyclic amines) is 1. The molecule has 2 atom stereocenters. The molecule has 0 bridgehead atoms. The topological polar surface area (TPSA) is 115 Å². The van der Waals surface area contributed by atoms with Crippen molar-refractivity contribution in [2.45, 2.75) is 57.4 Å². The van der Waals surface area contributed by atoms with Gasteiger partial charge in [0, 0.05) is 36.0 Å². The van der Waals surface area contributed by atoms with Gasteiger partial charge in [-0.3, -0.25) is 9.88 Å². The van der Waals surface area contributed by atoms with Crippen molar-refractivity contribution >= 4 is 17.1 Å². The minimum absolute atomic E-state index is 0.00724. The summed E-state index contributed by atoms with van der Waals surface area (Å²) in [5.41, 5.74) is 2.69. The summed E-state index contributed by atoms with van der Waals surface area (Å²) in [5, 5.41) is 9.47. The Morgan fingerprint density at radius 2 is 1.98 bits per heavy atom. The molecule has 1 N–H and O–H groups in total. The lowest BCUT2D eigenvalue weighted by Gasteiger charge is -2.36. The van der Waals surface area contributed by atoms with Gasteiger partial charge in [-0.1, -0.05) is 6.07 Å². The number of halogens is 1. The van der Waals surface area contributed by atoms with Crippen molar-refractivity contribution in [3.05, 3.63) is 77.4 Å². The molecule has 2 aliphatic heterocycles. The SMILES string of the molecule is CC(c1nc2ccc(C(=O)O)nc2n1CC1CCO1)N1CCC(c2cccc(OCc3ccncc3F)n2)CC1. The first-order valence-electron chi connectivity index (χ1n) is 13.6. The lowest BCUT2D eigenvalue weighted by molar-refractivity contribution is -0.0595. The van der Waals surface area contributed by atoms with Gasteiger partial charge in [0.25, 0.3) is 0 Å². The molecule has 2 unspecified atom stereocenters. The predicted molar refractivity (Wildman–Crippen MR) is 144 cm³/mol. The molecule has 10 nitrogen and oxygen atoms in total. The Morgan fingerprint density at radius 1 is 1.15 bits per heavy atom. The van der Waals surface area contributed by atoms with Crippen LogP contribution in [0.2, 0.25) is 0 Å². The van der Waals surface area contributed by atoms with Crippen LogP contribution >= 0.6 is 0 Å². The minimum Gasteiger partial charge on any atom is -0.477 e. The Hall–Kier alpha value is -3.96. The van der Waals surface area contributed by atoms with Crippen LogP contribution in [0.25, 0.3) is 11.2 Å². The summed E-state index contributed by atoms with van der Waals surface area (Å²) in [6.07, 6.45) is 5.61. The third kappa shape index (κ3) is 5.39. The predicted octanol–water partition coefficient (Wildman–Crippen LogP) is 4.37. The van der Waals surface area contributed by atoms with E-state index in [4.69, 9.17) is 19.4 Å². The van der Waals surface area contributed by atoms with Gasteiger partial charge in [-0.25, -0.2) is 24.1 Å². The van der Waals surface area contributed by atoms with Gasteiger partial charge in [0.15, 0.2) is 11.3 Å². The number of hydrogen-bond donors (Lipinski definition) is 1. The van der Waals surface area contributed by atoms with Crippen LogP contribution in [0.3, 0.4) is 0 Å². The summed E-state index contributed by atoms with van der Waals surface area (Å²) in [4.78, 5) is 31.8. The minimum atomic E-state index is -1.06. The van der Waals surface area contributed by atoms with Gasteiger partial charge in [-0.15, -0.1) is 0 Å². The Kier molecular flexibility index (Phi) is 7.40. The molecule has 4 aromatic heterocycles. The number of carboxylic acid groups (broad SMARTS) is 1. The smallest absolute Gasteiger partial charge is 0.354 e. The fourth-order valence-corrected chi connectivity index (χ4v) is 5.43. The largest absolute Gasteiger partial charge is 0.477 e. The standard InChI is InChI=1S/C29H31FN6O4/c1-18(27-33-24-5-6-25(29(37)38)34-28(24)36(27)16-21-10-14-39-21)35-12-8-19(9-13-35)23-3-2-4-26(32-23)40-17-20-7-11-31-15-22(20)30/h2-7,11,15,18-19,21H,8-10,12-14,16-17H2,1H3,(H,37,38). The van der Waals surface area contributed by atoms with E-state index in [-0.39, 0.29) is 30.4 Å². The number of imidazole rings is 1. The van der Waals surface area contributed by atoms with Crippen LogP contribution in [0.5, 0.6) is 5.88 Å². The van der Waals surface area contributed by atoms with Crippen molar-refractivity contribution in [2.24, 2.45) is 0 Å². The van der Waals surface area contributed by atoms with E-state index in [2.05, 4.69) is 21.8 Å². The molecule has 0 aliphatic carbocycles. The van der Waals surface area contributed by atoms with Crippen LogP contribution in [0.15, 0.2) is 48.8 Å². The molecule has 2 aliphatic rings. The quantitative estimate of drug-likeness (QED) is 0.327. The zero-order valence-corrected chi connectivity index (χ0v) is 22.2. The molecule has 6 heterocycles. The lowest BCUT2D eigenvalue weighted by atomic mass is 9.92. The zero-order valence-electron chi connectivity index (χ0n) is 22.2. The van der Waals surface area contributed by atoms with E-state index in [9.17, 15) is 14.3 Å². The van der Waals surface area contributed by atoms with Crippen molar-refractivity contribution in [1.82, 2.24) is 29.4 Å². The molecule has 0 radical (unpaired) electrons. The van der Waals surface area contributed by atoms with Gasteiger partial charge in [0.2, 0.25) is 5.88 Å². The lowest BCUT2D eigenvalue weighted by Crippen LogP contribution is -2.37. The number of carbonyl (C=O) groups is 1. The number of piperidine rings is 1. The molecule has 40 heavy (non-hydrogen) atoms. The highest BCUT2D eigenvalue weighted by Crippen LogP contribution is 2.33. The molecule has 6 rings (SSSR count). The fourth-order valence-electron chi connectivity index (χ4n) is 5.43. The van der Waals surface area contributed by atoms with E-state index < -0.39 is 11.8 Å². The van der Waals surface area contributed by atoms with Gasteiger partial charge in [-0.2, -0.15) is 0 Å². The number of ether oxygens (including phenoxy) is 2. The van der Waals surface area contributed by atoms with E-state index >= 15 is 0 Å². The second-order valence-electron chi connectivity index (χ2n) is 10.3. The maximum Gasteiger partial charge on any atom is 0.354 e. The third-order valence-electron chi connectivity index (χ3n) is 7.87. The normalized spacial score (nSPS) is 18.9. The average Bonchev–Trinajstić information content (AvgIpc) is 3.32. The number of aromatic carboxylic acids is 1. The van der Waals surface area contributed by atoms with Crippen molar-refractivity contribution in [2.75, 3.05) is 19.7 Å². The van der Waals surface area contributed by atoms with Crippen LogP contribution in [0, 0.1) is 5.82 Å². The van der Waals surface area contributed by atoms with Crippen molar-refractivity contribution in [3.63, 3.8) is 0 Å². The maximum absolute atomic E-state index is 13.9. The highest BCUT2D eigenvalue weighted by atomic mass is 19.1. The number of pyridine rings is 3. The molecule has 208 valence electrons. The number of rotatable bonds is 9. The van der Waals surface area contributed by atoms with E-state index in [1.165, 1.54) is 12.3 Å². The van der Waals surface area contributed by atoms with E-state index in [0.717, 1.165) is 50.5 Å². The monoisotopic (exact) mass is 546 g/mol. The third-order valence-corrected chi connectivity index (χ3v) is 7.87. The number of nitrogens with zero attached hydrogens (tertiary/aromatic N) is 6. The van der Waals surface area contributed by atoms with Gasteiger partial charge in [-0.05, 0) is 63.5 Å². The summed E-state index contributed by atoms with van der Waals surface area (Å²) >= 11 is 0. The Morgan fingerprint density at radius 3 is 2.70 bits per heavy atom. The fraction of sp³-hybridized carbons (Fsp3) is 0.414. The second-order valence-corrected chi connectivity index (χ2v) is 10.3. The zero-order chi connectivity index (χ0) is 27.6. The Balaban J connectivity index is 1.14. The average molecular weight is 547 g/mol. The van der Waals surface area contributed by atoms with Gasteiger partial charge >= 0.3 is 5.97 Å². The number of hydrogen-bond acceptors (Lipinski definition) is 8. The molecular formula is C29H31FN6O4. The molecule has 0 amide bonds. The Labute approximate surface area is 230 Å². The summed E-state index contributed by atoms with van der Waals surface area (Å²) in [6.45, 7) is 5.29. The molecule has 11 heteroatoms. The van der Waals surface area contributed by atoms with Crippen LogP contribution in [-0.2, 0) is 17.9 Å². The first-order valence-corrected chi connectivity index (χ1v) is 13.6. The highest BCUT2D eigenvalue weighted by Gasteiger charge is 2.30. The van der Waals surface area contributed by atoms with Crippen molar-refractivity contribution < 1.29 is 23.8 Å².